The molecule has 0 spiro atoms. The van der Waals surface area contributed by atoms with E-state index < -0.39 is 5.54 Å². The maximum atomic E-state index is 12.4. The van der Waals surface area contributed by atoms with Gasteiger partial charge >= 0.3 is 0 Å². The molecule has 1 aromatic rings. The molecule has 106 valence electrons. The Bertz CT molecular complexity index is 431. The largest absolute Gasteiger partial charge is 0.378 e. The number of nitrogens with zero attached hydrogens (tertiary/aromatic N) is 1. The highest BCUT2D eigenvalue weighted by atomic mass is 79.9. The molecule has 0 aromatic heterocycles. The summed E-state index contributed by atoms with van der Waals surface area (Å²) in [6.45, 7) is 4.16. The van der Waals surface area contributed by atoms with Gasteiger partial charge < -0.3 is 15.4 Å². The lowest BCUT2D eigenvalue weighted by Crippen LogP contribution is -2.53. The Balaban J connectivity index is 0.00000180. The molecule has 1 aliphatic rings. The van der Waals surface area contributed by atoms with Crippen LogP contribution in [0.1, 0.15) is 12.5 Å². The zero-order chi connectivity index (χ0) is 13.2. The number of halogens is 2. The van der Waals surface area contributed by atoms with Crippen LogP contribution in [0.25, 0.3) is 0 Å². The molecule has 6 heteroatoms. The van der Waals surface area contributed by atoms with Crippen LogP contribution in [0.4, 0.5) is 0 Å². The van der Waals surface area contributed by atoms with E-state index in [9.17, 15) is 4.79 Å². The zero-order valence-electron chi connectivity index (χ0n) is 10.8. The number of hydrogen-bond donors (Lipinski definition) is 1. The summed E-state index contributed by atoms with van der Waals surface area (Å²) in [6, 6.07) is 7.55. The summed E-state index contributed by atoms with van der Waals surface area (Å²) in [4.78, 5) is 14.2. The van der Waals surface area contributed by atoms with Crippen molar-refractivity contribution in [1.82, 2.24) is 4.90 Å². The Labute approximate surface area is 127 Å². The normalized spacial score (nSPS) is 18.4. The average Bonchev–Trinajstić information content (AvgIpc) is 2.39. The average molecular weight is 350 g/mol. The van der Waals surface area contributed by atoms with E-state index in [1.807, 2.05) is 24.3 Å². The fraction of sp³-hybridized carbons (Fsp3) is 0.462. The van der Waals surface area contributed by atoms with Crippen molar-refractivity contribution in [1.29, 1.82) is 0 Å². The van der Waals surface area contributed by atoms with Crippen LogP contribution in [0.2, 0.25) is 0 Å². The van der Waals surface area contributed by atoms with E-state index in [2.05, 4.69) is 15.9 Å². The summed E-state index contributed by atoms with van der Waals surface area (Å²) < 4.78 is 6.22. The second-order valence-corrected chi connectivity index (χ2v) is 5.53. The number of benzene rings is 1. The molecule has 1 aromatic carbocycles. The topological polar surface area (TPSA) is 55.6 Å². The molecule has 1 unspecified atom stereocenters. The second-order valence-electron chi connectivity index (χ2n) is 4.61. The molecule has 1 fully saturated rings. The molecule has 19 heavy (non-hydrogen) atoms. The number of rotatable bonds is 2. The molecule has 1 heterocycles. The van der Waals surface area contributed by atoms with Crippen LogP contribution in [0, 0.1) is 0 Å². The highest BCUT2D eigenvalue weighted by Gasteiger charge is 2.34. The van der Waals surface area contributed by atoms with Crippen molar-refractivity contribution >= 4 is 34.2 Å². The molecule has 2 N–H and O–H groups in total. The van der Waals surface area contributed by atoms with Gasteiger partial charge in [0.15, 0.2) is 0 Å². The van der Waals surface area contributed by atoms with Gasteiger partial charge in [-0.2, -0.15) is 0 Å². The first kappa shape index (κ1) is 16.4. The smallest absolute Gasteiger partial charge is 0.247 e. The van der Waals surface area contributed by atoms with E-state index in [4.69, 9.17) is 10.5 Å². The minimum Gasteiger partial charge on any atom is -0.378 e. The molecule has 0 aliphatic carbocycles. The van der Waals surface area contributed by atoms with Crippen molar-refractivity contribution < 1.29 is 9.53 Å². The number of hydrogen-bond acceptors (Lipinski definition) is 3. The maximum absolute atomic E-state index is 12.4. The van der Waals surface area contributed by atoms with E-state index in [0.717, 1.165) is 10.0 Å². The van der Waals surface area contributed by atoms with Gasteiger partial charge in [0.25, 0.3) is 0 Å². The van der Waals surface area contributed by atoms with Gasteiger partial charge in [-0.05, 0) is 24.6 Å². The summed E-state index contributed by atoms with van der Waals surface area (Å²) >= 11 is 3.37. The first-order chi connectivity index (χ1) is 8.51. The van der Waals surface area contributed by atoms with Gasteiger partial charge in [-0.15, -0.1) is 12.4 Å². The van der Waals surface area contributed by atoms with E-state index in [-0.39, 0.29) is 18.3 Å². The fourth-order valence-corrected chi connectivity index (χ4v) is 2.28. The van der Waals surface area contributed by atoms with Gasteiger partial charge in [0.05, 0.1) is 13.2 Å². The van der Waals surface area contributed by atoms with Crippen molar-refractivity contribution in [3.05, 3.63) is 34.3 Å². The summed E-state index contributed by atoms with van der Waals surface area (Å²) in [5, 5.41) is 0. The van der Waals surface area contributed by atoms with Crippen molar-refractivity contribution in [2.75, 3.05) is 26.3 Å². The molecular formula is C13H18BrClN2O2. The van der Waals surface area contributed by atoms with Crippen LogP contribution in [-0.2, 0) is 15.1 Å². The Kier molecular flexibility index (Phi) is 5.80. The number of nitrogens with two attached hydrogens (primary N) is 1. The standard InChI is InChI=1S/C13H17BrN2O2.ClH/c1-13(15,10-2-4-11(14)5-3-10)12(17)16-6-8-18-9-7-16;/h2-5H,6-9,15H2,1H3;1H. The van der Waals surface area contributed by atoms with Crippen molar-refractivity contribution in [3.63, 3.8) is 0 Å². The SMILES string of the molecule is CC(N)(C(=O)N1CCOCC1)c1ccc(Br)cc1.Cl. The molecule has 4 nitrogen and oxygen atoms in total. The predicted molar refractivity (Wildman–Crippen MR) is 80.3 cm³/mol. The first-order valence-corrected chi connectivity index (χ1v) is 6.73. The maximum Gasteiger partial charge on any atom is 0.247 e. The second kappa shape index (κ2) is 6.70. The Morgan fingerprint density at radius 3 is 2.37 bits per heavy atom. The summed E-state index contributed by atoms with van der Waals surface area (Å²) in [7, 11) is 0. The number of amides is 1. The molecule has 1 saturated heterocycles. The third-order valence-corrected chi connectivity index (χ3v) is 3.72. The minimum absolute atomic E-state index is 0. The first-order valence-electron chi connectivity index (χ1n) is 5.94. The van der Waals surface area contributed by atoms with Crippen molar-refractivity contribution in [2.24, 2.45) is 5.73 Å². The molecule has 1 amide bonds. The van der Waals surface area contributed by atoms with Crippen LogP contribution in [-0.4, -0.2) is 37.1 Å². The lowest BCUT2D eigenvalue weighted by Gasteiger charge is -2.34. The lowest BCUT2D eigenvalue weighted by molar-refractivity contribution is -0.140. The van der Waals surface area contributed by atoms with Gasteiger partial charge in [-0.1, -0.05) is 28.1 Å². The third kappa shape index (κ3) is 3.69. The number of carbonyl (C=O) groups excluding carboxylic acids is 1. The summed E-state index contributed by atoms with van der Waals surface area (Å²) in [6.07, 6.45) is 0. The number of ether oxygens (including phenoxy) is 1. The third-order valence-electron chi connectivity index (χ3n) is 3.19. The molecule has 0 bridgehead atoms. The highest BCUT2D eigenvalue weighted by molar-refractivity contribution is 9.10. The molecule has 0 radical (unpaired) electrons. The van der Waals surface area contributed by atoms with Crippen molar-refractivity contribution in [3.8, 4) is 0 Å². The monoisotopic (exact) mass is 348 g/mol. The Morgan fingerprint density at radius 1 is 1.32 bits per heavy atom. The van der Waals surface area contributed by atoms with Gasteiger partial charge in [0, 0.05) is 17.6 Å². The molecule has 1 aliphatic heterocycles. The van der Waals surface area contributed by atoms with E-state index in [1.165, 1.54) is 0 Å². The van der Waals surface area contributed by atoms with Crippen LogP contribution in [0.3, 0.4) is 0 Å². The van der Waals surface area contributed by atoms with Crippen LogP contribution in [0.15, 0.2) is 28.7 Å². The predicted octanol–water partition coefficient (Wildman–Crippen LogP) is 1.90. The zero-order valence-corrected chi connectivity index (χ0v) is 13.2. The van der Waals surface area contributed by atoms with Gasteiger partial charge in [0.1, 0.15) is 5.54 Å². The molecule has 1 atom stereocenters. The van der Waals surface area contributed by atoms with Gasteiger partial charge in [-0.25, -0.2) is 0 Å². The van der Waals surface area contributed by atoms with Gasteiger partial charge in [-0.3, -0.25) is 4.79 Å². The van der Waals surface area contributed by atoms with Crippen LogP contribution < -0.4 is 5.73 Å². The molecular weight excluding hydrogens is 332 g/mol. The van der Waals surface area contributed by atoms with E-state index in [1.54, 1.807) is 11.8 Å². The molecule has 2 rings (SSSR count). The van der Waals surface area contributed by atoms with Gasteiger partial charge in [0.2, 0.25) is 5.91 Å². The lowest BCUT2D eigenvalue weighted by atomic mass is 9.91. The summed E-state index contributed by atoms with van der Waals surface area (Å²) in [5.74, 6) is -0.0480. The van der Waals surface area contributed by atoms with E-state index in [0.29, 0.717) is 26.3 Å². The molecule has 0 saturated carbocycles. The minimum atomic E-state index is -0.988. The Morgan fingerprint density at radius 2 is 1.84 bits per heavy atom. The quantitative estimate of drug-likeness (QED) is 0.887. The van der Waals surface area contributed by atoms with Crippen LogP contribution in [0.5, 0.6) is 0 Å². The number of morpholine rings is 1. The summed E-state index contributed by atoms with van der Waals surface area (Å²) in [5.41, 5.74) is 6.05. The number of carbonyl (C=O) groups is 1. The van der Waals surface area contributed by atoms with Crippen LogP contribution >= 0.6 is 28.3 Å². The fourth-order valence-electron chi connectivity index (χ4n) is 2.01. The Hall–Kier alpha value is -0.620. The van der Waals surface area contributed by atoms with Crippen molar-refractivity contribution in [2.45, 2.75) is 12.5 Å². The van der Waals surface area contributed by atoms with E-state index >= 15 is 0 Å². The highest BCUT2D eigenvalue weighted by Crippen LogP contribution is 2.23.